The van der Waals surface area contributed by atoms with E-state index in [2.05, 4.69) is 32.0 Å². The quantitative estimate of drug-likeness (QED) is 0.0333. The number of quaternary nitrogens is 1. The minimum absolute atomic E-state index is 0. The van der Waals surface area contributed by atoms with Gasteiger partial charge in [0, 0.05) is 63.1 Å². The molecule has 1 unspecified atom stereocenters. The van der Waals surface area contributed by atoms with Gasteiger partial charge < -0.3 is 50.7 Å². The van der Waals surface area contributed by atoms with Crippen LogP contribution in [0, 0.1) is 17.8 Å². The molecule has 2 heterocycles. The molecule has 1 aromatic heterocycles. The first kappa shape index (κ1) is 88.8. The molecule has 6 aromatic rings. The van der Waals surface area contributed by atoms with Crippen molar-refractivity contribution in [2.24, 2.45) is 17.8 Å². The lowest BCUT2D eigenvalue weighted by Crippen LogP contribution is -2.56. The number of rotatable bonds is 28. The van der Waals surface area contributed by atoms with E-state index in [1.807, 2.05) is 113 Å². The van der Waals surface area contributed by atoms with E-state index in [0.717, 1.165) is 66.7 Å². The molecule has 576 valence electrons. The van der Waals surface area contributed by atoms with Gasteiger partial charge in [-0.3, -0.25) is 47.3 Å². The highest BCUT2D eigenvalue weighted by Gasteiger charge is 2.39. The molecule has 105 heavy (non-hydrogen) atoms. The highest BCUT2D eigenvalue weighted by Crippen LogP contribution is 2.45. The molecule has 5 aromatic carbocycles. The van der Waals surface area contributed by atoms with E-state index in [1.54, 1.807) is 104 Å². The number of carbonyl (C=O) groups is 7. The summed E-state index contributed by atoms with van der Waals surface area (Å²) in [6.45, 7) is 23.5. The summed E-state index contributed by atoms with van der Waals surface area (Å²) in [4.78, 5) is 108. The minimum Gasteiger partial charge on any atom is -0.550 e. The second kappa shape index (κ2) is 45.0. The number of Topliss-reactive ketones (excluding diaryl/α,β-unsaturated/α-hetero) is 2. The van der Waals surface area contributed by atoms with Crippen LogP contribution >= 0.6 is 20.2 Å². The lowest BCUT2D eigenvalue weighted by atomic mass is 9.86. The van der Waals surface area contributed by atoms with Gasteiger partial charge in [-0.25, -0.2) is 9.36 Å². The largest absolute Gasteiger partial charge is 0.550 e. The van der Waals surface area contributed by atoms with Crippen molar-refractivity contribution in [1.29, 1.82) is 0 Å². The molecule has 0 saturated carbocycles. The number of benzene rings is 5. The fourth-order valence-electron chi connectivity index (χ4n) is 11.5. The third-order valence-corrected chi connectivity index (χ3v) is 18.9. The third-order valence-electron chi connectivity index (χ3n) is 17.4. The number of hydrogen-bond donors (Lipinski definition) is 4. The molecule has 7 rings (SSSR count). The summed E-state index contributed by atoms with van der Waals surface area (Å²) in [5, 5.41) is 28.9. The Balaban J connectivity index is 0.000000354. The zero-order chi connectivity index (χ0) is 76.5. The van der Waals surface area contributed by atoms with Gasteiger partial charge in [0.2, 0.25) is 17.7 Å². The van der Waals surface area contributed by atoms with Crippen LogP contribution < -0.4 is 46.4 Å². The second-order valence-corrected chi connectivity index (χ2v) is 28.6. The number of likely N-dealkylation sites (N-methyl/N-ethyl adjacent to an activating group) is 1. The standard InChI is InChI=1S/C36H53N3O7.C31H43N3O4.C11H14N3O5P.ClH/c1-8-15-30(33(41)38(7)26(3)31(40)23-29(34(42)43)22-27-16-10-9-11-17-27)39(35(44)46-36(4,5)6)24-25(2)45-32-20-13-12-18-28(32)19-14-21-37;1-5-12-26-29(35)22(3)23(4)30(36)34-27(19-24-13-7-6-8-14-24)31(37)32-18-11-16-25-15-9-10-17-28(25)38-21(2)20-33-26;1-3-17-20(16,18-4-2)19-14-11(15)9-7-5-6-8-10(9)12-13-14;/h9-13,16-18,20,25-26,29-30H,8,14-15,19,21-24,37H2,1-7H3,(H,42,43);6-10,13-15,17,21-23,26-27,33H,5,11-12,16,18-20H2,1-4H3,(H,32,37)(H,34,36);5-8H,3-4H2,1-2H3;1H/t25-,26-,29+,30+;21-,22?,23+,26+,27-;;/m11../s1. The zero-order valence-electron chi connectivity index (χ0n) is 63.2. The van der Waals surface area contributed by atoms with Crippen LogP contribution in [0.4, 0.5) is 4.79 Å². The first-order chi connectivity index (χ1) is 49.6. The summed E-state index contributed by atoms with van der Waals surface area (Å²) in [5.74, 6) is -3.26. The number of amides is 4. The number of carboxylic acids is 1. The monoisotopic (exact) mass is 1500 g/mol. The highest BCUT2D eigenvalue weighted by atomic mass is 35.5. The lowest BCUT2D eigenvalue weighted by molar-refractivity contribution is -0.368. The van der Waals surface area contributed by atoms with Crippen molar-refractivity contribution in [1.82, 2.24) is 40.9 Å². The third kappa shape index (κ3) is 29.0. The van der Waals surface area contributed by atoms with Crippen LogP contribution in [0.2, 0.25) is 0 Å². The second-order valence-electron chi connectivity index (χ2n) is 27.0. The number of nitrogens with one attached hydrogen (secondary N) is 3. The molecule has 0 radical (unpaired) electrons. The van der Waals surface area contributed by atoms with E-state index in [4.69, 9.17) is 27.9 Å². The summed E-state index contributed by atoms with van der Waals surface area (Å²) in [6.07, 6.45) is 4.56. The number of carbonyl (C=O) groups excluding carboxylic acids is 7. The topological polar surface area (TPSA) is 333 Å². The Bertz CT molecular complexity index is 3800. The molecule has 0 aliphatic carbocycles. The summed E-state index contributed by atoms with van der Waals surface area (Å²) >= 11 is 0. The van der Waals surface area contributed by atoms with Gasteiger partial charge in [0.25, 0.3) is 0 Å². The van der Waals surface area contributed by atoms with Crippen LogP contribution in [0.15, 0.2) is 138 Å². The predicted octanol–water partition coefficient (Wildman–Crippen LogP) is 9.12. The summed E-state index contributed by atoms with van der Waals surface area (Å²) in [6, 6.07) is 38.0. The number of carboxylic acid groups (broad SMARTS) is 1. The maximum atomic E-state index is 14.1. The van der Waals surface area contributed by atoms with Gasteiger partial charge in [-0.05, 0) is 150 Å². The van der Waals surface area contributed by atoms with Crippen molar-refractivity contribution in [3.8, 4) is 11.5 Å². The Morgan fingerprint density at radius 2 is 1.41 bits per heavy atom. The van der Waals surface area contributed by atoms with Gasteiger partial charge >= 0.3 is 19.5 Å². The van der Waals surface area contributed by atoms with Crippen LogP contribution in [-0.4, -0.2) is 155 Å². The van der Waals surface area contributed by atoms with E-state index >= 15 is 0 Å². The number of ether oxygens (including phenoxy) is 3. The van der Waals surface area contributed by atoms with Gasteiger partial charge in [-0.2, -0.15) is 0 Å². The first-order valence-corrected chi connectivity index (χ1v) is 37.7. The van der Waals surface area contributed by atoms with Crippen LogP contribution in [0.5, 0.6) is 11.5 Å². The van der Waals surface area contributed by atoms with Gasteiger partial charge in [-0.15, -0.1) is 17.5 Å². The number of aromatic nitrogens is 3. The van der Waals surface area contributed by atoms with Crippen LogP contribution in [0.1, 0.15) is 150 Å². The predicted molar refractivity (Wildman–Crippen MR) is 403 cm³/mol. The van der Waals surface area contributed by atoms with Crippen molar-refractivity contribution < 1.29 is 76.8 Å². The van der Waals surface area contributed by atoms with Gasteiger partial charge in [0.05, 0.1) is 43.8 Å². The van der Waals surface area contributed by atoms with E-state index in [0.29, 0.717) is 60.3 Å². The molecule has 6 N–H and O–H groups in total. The van der Waals surface area contributed by atoms with E-state index in [-0.39, 0.29) is 74.8 Å². The van der Waals surface area contributed by atoms with Crippen LogP contribution in [-0.2, 0) is 72.8 Å². The maximum absolute atomic E-state index is 14.1. The number of phosphoric ester groups is 1. The Morgan fingerprint density at radius 1 is 0.790 bits per heavy atom. The van der Waals surface area contributed by atoms with Crippen molar-refractivity contribution in [3.05, 3.63) is 166 Å². The zero-order valence-corrected chi connectivity index (χ0v) is 65.0. The van der Waals surface area contributed by atoms with E-state index in [9.17, 15) is 48.0 Å². The molecular formula is C78H111ClN9O16P. The molecule has 0 fully saturated rings. The molecule has 1 aliphatic heterocycles. The normalized spacial score (nSPS) is 17.8. The van der Waals surface area contributed by atoms with E-state index < -0.39 is 84.7 Å². The van der Waals surface area contributed by atoms with Crippen molar-refractivity contribution in [3.63, 3.8) is 0 Å². The number of hydrogen-bond acceptors (Lipinski definition) is 19. The van der Waals surface area contributed by atoms with Crippen LogP contribution in [0.3, 0.4) is 0 Å². The Morgan fingerprint density at radius 3 is 2.04 bits per heavy atom. The molecule has 0 bridgehead atoms. The number of ketones is 2. The minimum atomic E-state index is -3.89. The molecule has 25 nitrogen and oxygen atoms in total. The summed E-state index contributed by atoms with van der Waals surface area (Å²) < 4.78 is 45.3. The molecule has 4 amide bonds. The molecule has 1 aliphatic rings. The van der Waals surface area contributed by atoms with Crippen molar-refractivity contribution >= 4 is 72.5 Å². The Hall–Kier alpha value is -8.58. The van der Waals surface area contributed by atoms with Gasteiger partial charge in [0.1, 0.15) is 46.9 Å². The number of aryl methyl sites for hydroxylation is 2. The average molecular weight is 1500 g/mol. The van der Waals surface area contributed by atoms with Crippen molar-refractivity contribution in [2.75, 3.05) is 46.4 Å². The Labute approximate surface area is 624 Å². The molecular weight excluding hydrogens is 1390 g/mol. The summed E-state index contributed by atoms with van der Waals surface area (Å²) in [7, 11) is -2.38. The van der Waals surface area contributed by atoms with Gasteiger partial charge in [0.15, 0.2) is 11.6 Å². The SMILES string of the molecule is CCC[C@@H](C(=O)N(C)[C@H](C)C(=O)C[C@H](Cc1ccccc1)C(=O)[O-])N(C[C@@H](C)Oc1ccccc1CCC[NH3+])C(=O)OC(C)(C)C.CCC[C@@H]1NC[C@@H](C)Oc2ccccc2CCCNC(=O)[C@@H](Cc2ccccc2)NC(=O)[C@@H](C)C(C)C1=O.CCOP(=O)(OCC)On1nnc2ccccc2c1=O.Cl. The fourth-order valence-corrected chi connectivity index (χ4v) is 12.6. The van der Waals surface area contributed by atoms with E-state index in [1.165, 1.54) is 16.8 Å². The number of nitrogens with zero attached hydrogens (tertiary/aromatic N) is 5. The number of fused-ring (bicyclic) bond motifs is 2. The molecule has 9 atom stereocenters. The summed E-state index contributed by atoms with van der Waals surface area (Å²) in [5.41, 5.74) is 6.79. The number of para-hydroxylation sites is 2. The highest BCUT2D eigenvalue weighted by molar-refractivity contribution is 7.48. The number of halogens is 1. The Kier molecular flexibility index (Phi) is 38.1. The molecule has 27 heteroatoms. The smallest absolute Gasteiger partial charge is 0.550 e. The lowest BCUT2D eigenvalue weighted by Gasteiger charge is -2.37. The molecule has 0 saturated heterocycles. The first-order valence-electron chi connectivity index (χ1n) is 36.2. The fraction of sp³-hybridized carbons (Fsp3) is 0.513. The number of aliphatic carboxylic acids is 1. The van der Waals surface area contributed by atoms with Crippen LogP contribution in [0.25, 0.3) is 10.9 Å². The number of phosphoric acid groups is 1. The average Bonchev–Trinajstić information content (AvgIpc) is 0.807. The van der Waals surface area contributed by atoms with Crippen molar-refractivity contribution in [2.45, 2.75) is 196 Å². The van der Waals surface area contributed by atoms with Gasteiger partial charge in [-0.1, -0.05) is 150 Å². The maximum Gasteiger partial charge on any atom is 0.550 e. The molecule has 0 spiro atoms.